The first kappa shape index (κ1) is 10.4. The average Bonchev–Trinajstić information content (AvgIpc) is 2.14. The SMILES string of the molecule is Cc1c(F)cc2c(c1I)[C@@H](N)CCC2. The van der Waals surface area contributed by atoms with Crippen molar-refractivity contribution in [3.63, 3.8) is 0 Å². The van der Waals surface area contributed by atoms with E-state index >= 15 is 0 Å². The van der Waals surface area contributed by atoms with Gasteiger partial charge in [0.25, 0.3) is 0 Å². The maximum absolute atomic E-state index is 13.4. The van der Waals surface area contributed by atoms with E-state index in [1.807, 2.05) is 6.92 Å². The van der Waals surface area contributed by atoms with Crippen molar-refractivity contribution in [2.75, 3.05) is 0 Å². The number of benzene rings is 1. The molecule has 0 spiro atoms. The Morgan fingerprint density at radius 3 is 3.00 bits per heavy atom. The largest absolute Gasteiger partial charge is 0.324 e. The van der Waals surface area contributed by atoms with Gasteiger partial charge in [0.05, 0.1) is 0 Å². The van der Waals surface area contributed by atoms with Crippen LogP contribution in [0.2, 0.25) is 0 Å². The number of hydrogen-bond donors (Lipinski definition) is 1. The third-order valence-corrected chi connectivity index (χ3v) is 4.29. The summed E-state index contributed by atoms with van der Waals surface area (Å²) in [4.78, 5) is 0. The summed E-state index contributed by atoms with van der Waals surface area (Å²) in [7, 11) is 0. The van der Waals surface area contributed by atoms with Gasteiger partial charge in [-0.1, -0.05) is 0 Å². The number of fused-ring (bicyclic) bond motifs is 1. The Morgan fingerprint density at radius 2 is 2.29 bits per heavy atom. The predicted octanol–water partition coefficient (Wildman–Crippen LogP) is 3.07. The zero-order valence-corrected chi connectivity index (χ0v) is 10.3. The van der Waals surface area contributed by atoms with Crippen LogP contribution in [0.1, 0.15) is 35.6 Å². The first-order valence-electron chi connectivity index (χ1n) is 4.84. The van der Waals surface area contributed by atoms with Crippen LogP contribution in [0.3, 0.4) is 0 Å². The molecule has 76 valence electrons. The van der Waals surface area contributed by atoms with E-state index in [2.05, 4.69) is 22.6 Å². The van der Waals surface area contributed by atoms with Gasteiger partial charge in [0.1, 0.15) is 5.82 Å². The molecule has 1 aromatic rings. The number of nitrogens with two attached hydrogens (primary N) is 1. The Kier molecular flexibility index (Phi) is 2.79. The molecule has 1 aromatic carbocycles. The molecule has 0 fully saturated rings. The van der Waals surface area contributed by atoms with E-state index in [1.165, 1.54) is 5.56 Å². The highest BCUT2D eigenvalue weighted by Gasteiger charge is 2.22. The molecule has 0 bridgehead atoms. The van der Waals surface area contributed by atoms with Crippen LogP contribution in [-0.4, -0.2) is 0 Å². The molecule has 3 heteroatoms. The lowest BCUT2D eigenvalue weighted by molar-refractivity contribution is 0.553. The van der Waals surface area contributed by atoms with Gasteiger partial charge in [0, 0.05) is 9.61 Å². The highest BCUT2D eigenvalue weighted by molar-refractivity contribution is 14.1. The van der Waals surface area contributed by atoms with E-state index < -0.39 is 0 Å². The highest BCUT2D eigenvalue weighted by atomic mass is 127. The summed E-state index contributed by atoms with van der Waals surface area (Å²) in [6.07, 6.45) is 3.07. The lowest BCUT2D eigenvalue weighted by atomic mass is 9.87. The molecule has 0 amide bonds. The van der Waals surface area contributed by atoms with Gasteiger partial charge in [-0.3, -0.25) is 0 Å². The maximum atomic E-state index is 13.4. The van der Waals surface area contributed by atoms with E-state index in [4.69, 9.17) is 5.73 Å². The summed E-state index contributed by atoms with van der Waals surface area (Å²) in [6, 6.07) is 1.76. The van der Waals surface area contributed by atoms with E-state index in [9.17, 15) is 4.39 Å². The molecule has 14 heavy (non-hydrogen) atoms. The van der Waals surface area contributed by atoms with Gasteiger partial charge in [0.15, 0.2) is 0 Å². The Bertz CT molecular complexity index is 376. The van der Waals surface area contributed by atoms with Crippen LogP contribution < -0.4 is 5.73 Å². The number of halogens is 2. The van der Waals surface area contributed by atoms with Crippen molar-refractivity contribution < 1.29 is 4.39 Å². The molecule has 1 aliphatic rings. The van der Waals surface area contributed by atoms with Gasteiger partial charge in [-0.25, -0.2) is 4.39 Å². The number of hydrogen-bond acceptors (Lipinski definition) is 1. The van der Waals surface area contributed by atoms with E-state index in [0.29, 0.717) is 0 Å². The molecule has 0 radical (unpaired) electrons. The lowest BCUT2D eigenvalue weighted by Crippen LogP contribution is -2.20. The summed E-state index contributed by atoms with van der Waals surface area (Å²) < 4.78 is 14.5. The smallest absolute Gasteiger partial charge is 0.127 e. The third-order valence-electron chi connectivity index (χ3n) is 2.90. The van der Waals surface area contributed by atoms with Crippen LogP contribution in [0.5, 0.6) is 0 Å². The molecule has 0 saturated heterocycles. The molecule has 1 nitrogen and oxygen atoms in total. The molecule has 1 aliphatic carbocycles. The van der Waals surface area contributed by atoms with Gasteiger partial charge in [0.2, 0.25) is 0 Å². The second kappa shape index (κ2) is 3.77. The van der Waals surface area contributed by atoms with Gasteiger partial charge >= 0.3 is 0 Å². The Balaban J connectivity index is 2.64. The fraction of sp³-hybridized carbons (Fsp3) is 0.455. The quantitative estimate of drug-likeness (QED) is 0.733. The van der Waals surface area contributed by atoms with E-state index in [0.717, 1.165) is 34.0 Å². The second-order valence-electron chi connectivity index (χ2n) is 3.87. The van der Waals surface area contributed by atoms with Crippen LogP contribution >= 0.6 is 22.6 Å². The summed E-state index contributed by atoms with van der Waals surface area (Å²) in [5.74, 6) is -0.0951. The molecule has 0 aromatic heterocycles. The van der Waals surface area contributed by atoms with Crippen LogP contribution in [0.15, 0.2) is 6.07 Å². The van der Waals surface area contributed by atoms with Gasteiger partial charge < -0.3 is 5.73 Å². The van der Waals surface area contributed by atoms with Crippen molar-refractivity contribution in [1.29, 1.82) is 0 Å². The Hall–Kier alpha value is -0.160. The minimum absolute atomic E-state index is 0.0951. The molecule has 2 rings (SSSR count). The van der Waals surface area contributed by atoms with Crippen molar-refractivity contribution in [2.24, 2.45) is 5.73 Å². The second-order valence-corrected chi connectivity index (χ2v) is 4.95. The van der Waals surface area contributed by atoms with Crippen LogP contribution in [0, 0.1) is 16.3 Å². The summed E-state index contributed by atoms with van der Waals surface area (Å²) in [5.41, 5.74) is 9.06. The minimum Gasteiger partial charge on any atom is -0.324 e. The first-order chi connectivity index (χ1) is 6.61. The standard InChI is InChI=1S/C11H13FIN/c1-6-8(12)5-7-3-2-4-9(14)10(7)11(6)13/h5,9H,2-4,14H2,1H3/t9-/m0/s1. The van der Waals surface area contributed by atoms with E-state index in [-0.39, 0.29) is 11.9 Å². The average molecular weight is 305 g/mol. The van der Waals surface area contributed by atoms with E-state index in [1.54, 1.807) is 6.07 Å². The molecular formula is C11H13FIN. The van der Waals surface area contributed by atoms with Gasteiger partial charge in [-0.2, -0.15) is 0 Å². The molecule has 0 aliphatic heterocycles. The normalized spacial score (nSPS) is 20.7. The number of rotatable bonds is 0. The molecular weight excluding hydrogens is 292 g/mol. The zero-order chi connectivity index (χ0) is 10.3. The zero-order valence-electron chi connectivity index (χ0n) is 8.11. The molecule has 0 unspecified atom stereocenters. The first-order valence-corrected chi connectivity index (χ1v) is 5.92. The Labute approximate surface area is 97.0 Å². The molecule has 0 heterocycles. The summed E-state index contributed by atoms with van der Waals surface area (Å²) >= 11 is 2.21. The van der Waals surface area contributed by atoms with Crippen LogP contribution in [0.4, 0.5) is 4.39 Å². The van der Waals surface area contributed by atoms with Crippen molar-refractivity contribution >= 4 is 22.6 Å². The van der Waals surface area contributed by atoms with Crippen molar-refractivity contribution in [1.82, 2.24) is 0 Å². The van der Waals surface area contributed by atoms with Crippen LogP contribution in [-0.2, 0) is 6.42 Å². The maximum Gasteiger partial charge on any atom is 0.127 e. The summed E-state index contributed by atoms with van der Waals surface area (Å²) in [6.45, 7) is 1.82. The predicted molar refractivity (Wildman–Crippen MR) is 63.7 cm³/mol. The van der Waals surface area contributed by atoms with Crippen molar-refractivity contribution in [3.8, 4) is 0 Å². The van der Waals surface area contributed by atoms with Crippen molar-refractivity contribution in [3.05, 3.63) is 32.1 Å². The number of aryl methyl sites for hydroxylation is 1. The molecule has 0 saturated carbocycles. The fourth-order valence-corrected chi connectivity index (χ4v) is 3.06. The molecule has 1 atom stereocenters. The minimum atomic E-state index is -0.0951. The van der Waals surface area contributed by atoms with Gasteiger partial charge in [-0.05, 0) is 71.5 Å². The monoisotopic (exact) mass is 305 g/mol. The fourth-order valence-electron chi connectivity index (χ4n) is 2.05. The Morgan fingerprint density at radius 1 is 1.57 bits per heavy atom. The third kappa shape index (κ3) is 1.56. The van der Waals surface area contributed by atoms with Crippen molar-refractivity contribution in [2.45, 2.75) is 32.2 Å². The highest BCUT2D eigenvalue weighted by Crippen LogP contribution is 2.34. The lowest BCUT2D eigenvalue weighted by Gasteiger charge is -2.24. The summed E-state index contributed by atoms with van der Waals surface area (Å²) in [5, 5.41) is 0. The molecule has 2 N–H and O–H groups in total. The van der Waals surface area contributed by atoms with Gasteiger partial charge in [-0.15, -0.1) is 0 Å². The van der Waals surface area contributed by atoms with Crippen LogP contribution in [0.25, 0.3) is 0 Å². The topological polar surface area (TPSA) is 26.0 Å².